The minimum Gasteiger partial charge on any atom is -0.356 e. The van der Waals surface area contributed by atoms with Crippen molar-refractivity contribution in [2.45, 2.75) is 38.9 Å². The predicted molar refractivity (Wildman–Crippen MR) is 102 cm³/mol. The van der Waals surface area contributed by atoms with Gasteiger partial charge in [0.2, 0.25) is 5.95 Å². The van der Waals surface area contributed by atoms with Gasteiger partial charge in [-0.3, -0.25) is 0 Å². The van der Waals surface area contributed by atoms with Gasteiger partial charge in [-0.25, -0.2) is 9.97 Å². The van der Waals surface area contributed by atoms with E-state index in [0.717, 1.165) is 12.1 Å². The van der Waals surface area contributed by atoms with Crippen LogP contribution in [0, 0.1) is 0 Å². The summed E-state index contributed by atoms with van der Waals surface area (Å²) in [6.07, 6.45) is 3.38. The molecule has 1 heterocycles. The molecule has 0 aliphatic carbocycles. The number of ether oxygens (including phenoxy) is 2. The van der Waals surface area contributed by atoms with E-state index in [4.69, 9.17) is 32.7 Å². The van der Waals surface area contributed by atoms with Gasteiger partial charge in [0.15, 0.2) is 6.29 Å². The van der Waals surface area contributed by atoms with Crippen molar-refractivity contribution in [2.24, 2.45) is 0 Å². The number of nitrogens with one attached hydrogen (secondary N) is 1. The third kappa shape index (κ3) is 5.82. The van der Waals surface area contributed by atoms with Gasteiger partial charge in [-0.2, -0.15) is 0 Å². The van der Waals surface area contributed by atoms with E-state index in [1.54, 1.807) is 14.2 Å². The lowest BCUT2D eigenvalue weighted by Crippen LogP contribution is -2.17. The zero-order chi connectivity index (χ0) is 18.2. The van der Waals surface area contributed by atoms with Crippen molar-refractivity contribution >= 4 is 34.8 Å². The van der Waals surface area contributed by atoms with Crippen molar-refractivity contribution in [3.8, 4) is 0 Å². The summed E-state index contributed by atoms with van der Waals surface area (Å²) in [5, 5.41) is 3.68. The summed E-state index contributed by atoms with van der Waals surface area (Å²) in [4.78, 5) is 8.54. The molecule has 7 heteroatoms. The van der Waals surface area contributed by atoms with E-state index in [2.05, 4.69) is 34.3 Å². The fourth-order valence-electron chi connectivity index (χ4n) is 2.35. The smallest absolute Gasteiger partial charge is 0.230 e. The van der Waals surface area contributed by atoms with Crippen LogP contribution in [0.15, 0.2) is 24.3 Å². The molecular weight excluding hydrogens is 361 g/mol. The molecular formula is C18H23Cl2N3O2. The third-order valence-corrected chi connectivity index (χ3v) is 4.46. The summed E-state index contributed by atoms with van der Waals surface area (Å²) in [5.41, 5.74) is 2.79. The Morgan fingerprint density at radius 1 is 1.04 bits per heavy atom. The van der Waals surface area contributed by atoms with Crippen LogP contribution in [0.2, 0.25) is 10.3 Å². The van der Waals surface area contributed by atoms with Crippen LogP contribution < -0.4 is 5.32 Å². The maximum absolute atomic E-state index is 6.25. The van der Waals surface area contributed by atoms with Crippen molar-refractivity contribution in [1.29, 1.82) is 0 Å². The molecule has 136 valence electrons. The van der Waals surface area contributed by atoms with Crippen LogP contribution in [-0.4, -0.2) is 30.5 Å². The molecule has 0 aliphatic rings. The van der Waals surface area contributed by atoms with Crippen LogP contribution in [0.4, 0.5) is 11.6 Å². The van der Waals surface area contributed by atoms with Crippen LogP contribution in [0.1, 0.15) is 30.9 Å². The first-order chi connectivity index (χ1) is 12.1. The second-order valence-electron chi connectivity index (χ2n) is 5.64. The Morgan fingerprint density at radius 2 is 1.64 bits per heavy atom. The molecule has 25 heavy (non-hydrogen) atoms. The highest BCUT2D eigenvalue weighted by molar-refractivity contribution is 6.34. The molecule has 0 saturated heterocycles. The molecule has 2 aromatic rings. The first-order valence-electron chi connectivity index (χ1n) is 8.20. The van der Waals surface area contributed by atoms with Gasteiger partial charge in [0.25, 0.3) is 0 Å². The van der Waals surface area contributed by atoms with Crippen LogP contribution in [-0.2, 0) is 22.3 Å². The van der Waals surface area contributed by atoms with E-state index in [9.17, 15) is 0 Å². The number of hydrogen-bond acceptors (Lipinski definition) is 5. The second-order valence-corrected chi connectivity index (χ2v) is 6.35. The number of rotatable bonds is 9. The van der Waals surface area contributed by atoms with Gasteiger partial charge < -0.3 is 14.8 Å². The molecule has 0 unspecified atom stereocenters. The largest absolute Gasteiger partial charge is 0.356 e. The van der Waals surface area contributed by atoms with Gasteiger partial charge in [0.1, 0.15) is 10.3 Å². The summed E-state index contributed by atoms with van der Waals surface area (Å²) in [6.45, 7) is 2.19. The molecule has 5 nitrogen and oxygen atoms in total. The van der Waals surface area contributed by atoms with Gasteiger partial charge in [-0.15, -0.1) is 0 Å². The van der Waals surface area contributed by atoms with Crippen LogP contribution in [0.5, 0.6) is 0 Å². The lowest BCUT2D eigenvalue weighted by Gasteiger charge is -2.15. The molecule has 0 bridgehead atoms. The summed E-state index contributed by atoms with van der Waals surface area (Å²) < 4.78 is 10.3. The summed E-state index contributed by atoms with van der Waals surface area (Å²) in [7, 11) is 3.11. The van der Waals surface area contributed by atoms with Crippen LogP contribution in [0.25, 0.3) is 0 Å². The van der Waals surface area contributed by atoms with E-state index < -0.39 is 6.29 Å². The number of hydrogen-bond donors (Lipinski definition) is 1. The second kappa shape index (κ2) is 9.92. The number of halogens is 2. The number of benzene rings is 1. The summed E-state index contributed by atoms with van der Waals surface area (Å²) in [6, 6.07) is 8.18. The molecule has 0 fully saturated rings. The first-order valence-corrected chi connectivity index (χ1v) is 8.96. The highest BCUT2D eigenvalue weighted by Gasteiger charge is 2.17. The Morgan fingerprint density at radius 3 is 2.16 bits per heavy atom. The average Bonchev–Trinajstić information content (AvgIpc) is 2.61. The van der Waals surface area contributed by atoms with Crippen LogP contribution >= 0.6 is 23.2 Å². The molecule has 0 saturated carbocycles. The highest BCUT2D eigenvalue weighted by Crippen LogP contribution is 2.26. The molecule has 0 spiro atoms. The molecule has 1 aromatic heterocycles. The lowest BCUT2D eigenvalue weighted by molar-refractivity contribution is -0.100. The van der Waals surface area contributed by atoms with Crippen molar-refractivity contribution in [3.05, 3.63) is 45.7 Å². The Hall–Kier alpha value is -1.40. The zero-order valence-corrected chi connectivity index (χ0v) is 16.2. The number of anilines is 2. The Kier molecular flexibility index (Phi) is 7.90. The summed E-state index contributed by atoms with van der Waals surface area (Å²) >= 11 is 12.5. The average molecular weight is 384 g/mol. The first kappa shape index (κ1) is 19.9. The van der Waals surface area contributed by atoms with Crippen LogP contribution in [0.3, 0.4) is 0 Å². The molecule has 2 rings (SSSR count). The standard InChI is InChI=1S/C18H23Cl2N3O2/c1-4-5-6-12-7-9-13(10-8-12)21-18-22-16(19)14(17(20)23-18)11-15(24-2)25-3/h7-10,15H,4-6,11H2,1-3H3,(H,21,22,23). The summed E-state index contributed by atoms with van der Waals surface area (Å²) in [5.74, 6) is 0.353. The zero-order valence-electron chi connectivity index (χ0n) is 14.7. The number of aromatic nitrogens is 2. The minimum absolute atomic E-state index is 0.279. The molecule has 0 amide bonds. The van der Waals surface area contributed by atoms with Crippen molar-refractivity contribution in [3.63, 3.8) is 0 Å². The SMILES string of the molecule is CCCCc1ccc(Nc2nc(Cl)c(CC(OC)OC)c(Cl)n2)cc1. The quantitative estimate of drug-likeness (QED) is 0.485. The Balaban J connectivity index is 2.10. The third-order valence-electron chi connectivity index (χ3n) is 3.83. The Bertz CT molecular complexity index is 654. The monoisotopic (exact) mass is 383 g/mol. The normalized spacial score (nSPS) is 11.1. The van der Waals surface area contributed by atoms with Crippen molar-refractivity contribution < 1.29 is 9.47 Å². The molecule has 1 N–H and O–H groups in total. The predicted octanol–water partition coefficient (Wildman–Crippen LogP) is 5.03. The van der Waals surface area contributed by atoms with E-state index in [1.807, 2.05) is 12.1 Å². The van der Waals surface area contributed by atoms with E-state index in [1.165, 1.54) is 18.4 Å². The fraction of sp³-hybridized carbons (Fsp3) is 0.444. The fourth-order valence-corrected chi connectivity index (χ4v) is 2.89. The Labute approximate surface area is 158 Å². The van der Waals surface area contributed by atoms with E-state index in [-0.39, 0.29) is 10.3 Å². The number of nitrogens with zero attached hydrogens (tertiary/aromatic N) is 2. The number of methoxy groups -OCH3 is 2. The molecule has 0 atom stereocenters. The van der Waals surface area contributed by atoms with Gasteiger partial charge in [-0.1, -0.05) is 48.7 Å². The van der Waals surface area contributed by atoms with E-state index in [0.29, 0.717) is 17.9 Å². The van der Waals surface area contributed by atoms with Gasteiger partial charge in [0.05, 0.1) is 0 Å². The maximum Gasteiger partial charge on any atom is 0.230 e. The maximum atomic E-state index is 6.25. The number of aryl methyl sites for hydroxylation is 1. The van der Waals surface area contributed by atoms with Gasteiger partial charge >= 0.3 is 0 Å². The minimum atomic E-state index is -0.451. The van der Waals surface area contributed by atoms with Crippen molar-refractivity contribution in [1.82, 2.24) is 9.97 Å². The van der Waals surface area contributed by atoms with Crippen molar-refractivity contribution in [2.75, 3.05) is 19.5 Å². The van der Waals surface area contributed by atoms with Gasteiger partial charge in [-0.05, 0) is 30.5 Å². The molecule has 0 aliphatic heterocycles. The highest BCUT2D eigenvalue weighted by atomic mass is 35.5. The molecule has 1 aromatic carbocycles. The number of unbranched alkanes of at least 4 members (excludes halogenated alkanes) is 1. The molecule has 0 radical (unpaired) electrons. The van der Waals surface area contributed by atoms with E-state index >= 15 is 0 Å². The lowest BCUT2D eigenvalue weighted by atomic mass is 10.1. The van der Waals surface area contributed by atoms with Gasteiger partial charge in [0, 0.05) is 31.9 Å². The topological polar surface area (TPSA) is 56.3 Å².